The first kappa shape index (κ1) is 16.6. The summed E-state index contributed by atoms with van der Waals surface area (Å²) in [6.07, 6.45) is -4.73. The molecule has 0 spiro atoms. The summed E-state index contributed by atoms with van der Waals surface area (Å²) in [5.74, 6) is -0.270. The van der Waals surface area contributed by atoms with E-state index in [1.807, 2.05) is 0 Å². The molecule has 118 valence electrons. The summed E-state index contributed by atoms with van der Waals surface area (Å²) >= 11 is 3.32. The van der Waals surface area contributed by atoms with E-state index < -0.39 is 12.4 Å². The lowest BCUT2D eigenvalue weighted by atomic mass is 9.97. The van der Waals surface area contributed by atoms with E-state index in [1.165, 1.54) is 24.3 Å². The number of aromatic hydroxyl groups is 1. The number of alkyl halides is 3. The van der Waals surface area contributed by atoms with Crippen molar-refractivity contribution in [1.82, 2.24) is 0 Å². The van der Waals surface area contributed by atoms with E-state index in [9.17, 15) is 18.3 Å². The minimum atomic E-state index is -4.73. The zero-order chi connectivity index (χ0) is 16.5. The van der Waals surface area contributed by atoms with Crippen molar-refractivity contribution in [2.75, 3.05) is 0 Å². The molecular weight excluding hydrogens is 363 g/mol. The molecule has 0 bridgehead atoms. The molecule has 7 heteroatoms. The normalized spacial score (nSPS) is 13.0. The van der Waals surface area contributed by atoms with Gasteiger partial charge in [-0.1, -0.05) is 34.1 Å². The van der Waals surface area contributed by atoms with Crippen molar-refractivity contribution in [2.45, 2.75) is 19.3 Å². The summed E-state index contributed by atoms with van der Waals surface area (Å²) in [5.41, 5.74) is 7.80. The van der Waals surface area contributed by atoms with Crippen LogP contribution in [0.25, 0.3) is 0 Å². The fourth-order valence-electron chi connectivity index (χ4n) is 2.03. The number of aryl methyl sites for hydroxylation is 1. The van der Waals surface area contributed by atoms with E-state index in [0.29, 0.717) is 21.2 Å². The lowest BCUT2D eigenvalue weighted by molar-refractivity contribution is -0.274. The summed E-state index contributed by atoms with van der Waals surface area (Å²) < 4.78 is 40.8. The van der Waals surface area contributed by atoms with E-state index >= 15 is 0 Å². The van der Waals surface area contributed by atoms with Gasteiger partial charge in [0.1, 0.15) is 11.5 Å². The number of phenolic OH excluding ortho intramolecular Hbond substituents is 1. The van der Waals surface area contributed by atoms with Crippen LogP contribution in [-0.2, 0) is 0 Å². The molecule has 3 nitrogen and oxygen atoms in total. The summed E-state index contributed by atoms with van der Waals surface area (Å²) in [5, 5.41) is 10.1. The van der Waals surface area contributed by atoms with Gasteiger partial charge in [0.2, 0.25) is 0 Å². The topological polar surface area (TPSA) is 55.5 Å². The van der Waals surface area contributed by atoms with Gasteiger partial charge in [0.15, 0.2) is 0 Å². The summed E-state index contributed by atoms with van der Waals surface area (Å²) in [7, 11) is 0. The van der Waals surface area contributed by atoms with Gasteiger partial charge in [-0.2, -0.15) is 0 Å². The van der Waals surface area contributed by atoms with Crippen molar-refractivity contribution >= 4 is 15.9 Å². The SMILES string of the molecule is Cc1ccc(Br)c([C@H](N)c2ccc(OC(F)(F)F)cc2)c1O. The highest BCUT2D eigenvalue weighted by molar-refractivity contribution is 9.10. The molecule has 0 radical (unpaired) electrons. The maximum Gasteiger partial charge on any atom is 0.573 e. The van der Waals surface area contributed by atoms with Crippen LogP contribution in [0.15, 0.2) is 40.9 Å². The van der Waals surface area contributed by atoms with Crippen LogP contribution in [0.3, 0.4) is 0 Å². The Balaban J connectivity index is 2.31. The largest absolute Gasteiger partial charge is 0.573 e. The van der Waals surface area contributed by atoms with E-state index in [-0.39, 0.29) is 11.5 Å². The third-order valence-electron chi connectivity index (χ3n) is 3.15. The smallest absolute Gasteiger partial charge is 0.507 e. The second kappa shape index (κ2) is 6.18. The highest BCUT2D eigenvalue weighted by Gasteiger charge is 2.31. The molecule has 0 aliphatic heterocycles. The monoisotopic (exact) mass is 375 g/mol. The first-order chi connectivity index (χ1) is 10.2. The summed E-state index contributed by atoms with van der Waals surface area (Å²) in [6.45, 7) is 1.73. The first-order valence-corrected chi connectivity index (χ1v) is 7.07. The number of rotatable bonds is 3. The molecular formula is C15H13BrF3NO2. The second-order valence-corrected chi connectivity index (χ2v) is 5.58. The Morgan fingerprint density at radius 2 is 1.73 bits per heavy atom. The molecule has 2 aromatic carbocycles. The number of hydrogen-bond donors (Lipinski definition) is 2. The molecule has 0 saturated carbocycles. The zero-order valence-electron chi connectivity index (χ0n) is 11.5. The van der Waals surface area contributed by atoms with Gasteiger partial charge in [0, 0.05) is 10.0 Å². The molecule has 0 aromatic heterocycles. The van der Waals surface area contributed by atoms with Crippen LogP contribution in [-0.4, -0.2) is 11.5 Å². The molecule has 0 unspecified atom stereocenters. The first-order valence-electron chi connectivity index (χ1n) is 6.28. The van der Waals surface area contributed by atoms with Crippen molar-refractivity contribution in [3.8, 4) is 11.5 Å². The Morgan fingerprint density at radius 3 is 2.27 bits per heavy atom. The second-order valence-electron chi connectivity index (χ2n) is 4.72. The van der Waals surface area contributed by atoms with Crippen molar-refractivity contribution in [3.05, 3.63) is 57.6 Å². The minimum absolute atomic E-state index is 0.0532. The van der Waals surface area contributed by atoms with Crippen molar-refractivity contribution in [3.63, 3.8) is 0 Å². The van der Waals surface area contributed by atoms with Crippen LogP contribution in [0.2, 0.25) is 0 Å². The van der Waals surface area contributed by atoms with Crippen LogP contribution < -0.4 is 10.5 Å². The van der Waals surface area contributed by atoms with Gasteiger partial charge in [-0.3, -0.25) is 0 Å². The van der Waals surface area contributed by atoms with Crippen LogP contribution in [0, 0.1) is 6.92 Å². The van der Waals surface area contributed by atoms with Gasteiger partial charge >= 0.3 is 6.36 Å². The summed E-state index contributed by atoms with van der Waals surface area (Å²) in [6, 6.07) is 8.03. The minimum Gasteiger partial charge on any atom is -0.507 e. The number of halogens is 4. The van der Waals surface area contributed by atoms with Crippen molar-refractivity contribution in [2.24, 2.45) is 5.73 Å². The number of phenols is 1. The highest BCUT2D eigenvalue weighted by atomic mass is 79.9. The van der Waals surface area contributed by atoms with Gasteiger partial charge in [-0.15, -0.1) is 13.2 Å². The molecule has 0 aliphatic rings. The molecule has 22 heavy (non-hydrogen) atoms. The average Bonchev–Trinajstić information content (AvgIpc) is 2.42. The van der Waals surface area contributed by atoms with E-state index in [2.05, 4.69) is 20.7 Å². The lowest BCUT2D eigenvalue weighted by Crippen LogP contribution is -2.17. The van der Waals surface area contributed by atoms with Crippen molar-refractivity contribution < 1.29 is 23.0 Å². The molecule has 0 heterocycles. The van der Waals surface area contributed by atoms with Gasteiger partial charge in [-0.05, 0) is 36.2 Å². The van der Waals surface area contributed by atoms with Gasteiger partial charge in [-0.25, -0.2) is 0 Å². The Kier molecular flexibility index (Phi) is 4.67. The molecule has 3 N–H and O–H groups in total. The molecule has 0 aliphatic carbocycles. The summed E-state index contributed by atoms with van der Waals surface area (Å²) in [4.78, 5) is 0. The maximum absolute atomic E-state index is 12.1. The molecule has 0 amide bonds. The van der Waals surface area contributed by atoms with Crippen LogP contribution in [0.5, 0.6) is 11.5 Å². The number of hydrogen-bond acceptors (Lipinski definition) is 3. The molecule has 2 rings (SSSR count). The molecule has 0 saturated heterocycles. The fraction of sp³-hybridized carbons (Fsp3) is 0.200. The molecule has 2 aromatic rings. The Morgan fingerprint density at radius 1 is 1.14 bits per heavy atom. The number of benzene rings is 2. The quantitative estimate of drug-likeness (QED) is 0.835. The number of nitrogens with two attached hydrogens (primary N) is 1. The predicted molar refractivity (Wildman–Crippen MR) is 79.7 cm³/mol. The standard InChI is InChI=1S/C15H13BrF3NO2/c1-8-2-7-11(16)12(14(8)21)13(20)9-3-5-10(6-4-9)22-15(17,18)19/h2-7,13,21H,20H2,1H3/t13-/m1/s1. The van der Waals surface area contributed by atoms with Crippen molar-refractivity contribution in [1.29, 1.82) is 0 Å². The van der Waals surface area contributed by atoms with Crippen LogP contribution in [0.1, 0.15) is 22.7 Å². The van der Waals surface area contributed by atoms with Crippen LogP contribution in [0.4, 0.5) is 13.2 Å². The zero-order valence-corrected chi connectivity index (χ0v) is 13.1. The van der Waals surface area contributed by atoms with Gasteiger partial charge in [0.05, 0.1) is 6.04 Å². The highest BCUT2D eigenvalue weighted by Crippen LogP contribution is 2.36. The Bertz CT molecular complexity index is 672. The lowest BCUT2D eigenvalue weighted by Gasteiger charge is -2.18. The molecule has 1 atom stereocenters. The Hall–Kier alpha value is -1.73. The third kappa shape index (κ3) is 3.72. The van der Waals surface area contributed by atoms with Gasteiger partial charge in [0.25, 0.3) is 0 Å². The van der Waals surface area contributed by atoms with E-state index in [1.54, 1.807) is 19.1 Å². The number of ether oxygens (including phenoxy) is 1. The maximum atomic E-state index is 12.1. The van der Waals surface area contributed by atoms with Gasteiger partial charge < -0.3 is 15.6 Å². The van der Waals surface area contributed by atoms with E-state index in [4.69, 9.17) is 5.73 Å². The third-order valence-corrected chi connectivity index (χ3v) is 3.84. The van der Waals surface area contributed by atoms with Crippen LogP contribution >= 0.6 is 15.9 Å². The van der Waals surface area contributed by atoms with E-state index in [0.717, 1.165) is 0 Å². The average molecular weight is 376 g/mol. The molecule has 0 fully saturated rings. The predicted octanol–water partition coefficient (Wildman–Crippen LogP) is 4.41. The fourth-order valence-corrected chi connectivity index (χ4v) is 2.60. The Labute approximate surface area is 133 Å².